The van der Waals surface area contributed by atoms with Crippen LogP contribution in [0.1, 0.15) is 22.8 Å². The fourth-order valence-electron chi connectivity index (χ4n) is 2.42. The van der Waals surface area contributed by atoms with Gasteiger partial charge in [-0.1, -0.05) is 12.1 Å². The molecule has 0 radical (unpaired) electrons. The van der Waals surface area contributed by atoms with Gasteiger partial charge in [0.2, 0.25) is 0 Å². The van der Waals surface area contributed by atoms with E-state index in [1.165, 1.54) is 48.4 Å². The summed E-state index contributed by atoms with van der Waals surface area (Å²) < 4.78 is 44.8. The molecule has 2 aromatic rings. The zero-order valence-corrected chi connectivity index (χ0v) is 11.5. The molecule has 0 saturated heterocycles. The minimum atomic E-state index is -4.52. The molecule has 0 aliphatic carbocycles. The number of esters is 1. The fraction of sp³-hybridized carbons (Fsp3) is 0.200. The van der Waals surface area contributed by atoms with Gasteiger partial charge >= 0.3 is 12.1 Å². The normalized spacial score (nSPS) is 17.9. The molecule has 2 heterocycles. The zero-order chi connectivity index (χ0) is 15.9. The van der Waals surface area contributed by atoms with E-state index in [0.717, 1.165) is 6.07 Å². The highest BCUT2D eigenvalue weighted by Gasteiger charge is 2.39. The Morgan fingerprint density at radius 3 is 2.64 bits per heavy atom. The van der Waals surface area contributed by atoms with E-state index in [1.54, 1.807) is 0 Å². The predicted octanol–water partition coefficient (Wildman–Crippen LogP) is 3.75. The lowest BCUT2D eigenvalue weighted by molar-refractivity contribution is -0.137. The zero-order valence-electron chi connectivity index (χ0n) is 11.5. The molecule has 1 aliphatic rings. The summed E-state index contributed by atoms with van der Waals surface area (Å²) in [6.07, 6.45) is -3.99. The van der Waals surface area contributed by atoms with E-state index >= 15 is 0 Å². The number of pyridine rings is 1. The summed E-state index contributed by atoms with van der Waals surface area (Å²) in [6, 6.07) is 8.13. The Hall–Kier alpha value is -2.57. The minimum absolute atomic E-state index is 0.102. The molecule has 0 fully saturated rings. The number of ether oxygens (including phenoxy) is 1. The molecule has 114 valence electrons. The number of rotatable bonds is 1. The second kappa shape index (κ2) is 5.01. The van der Waals surface area contributed by atoms with Crippen molar-refractivity contribution in [2.75, 3.05) is 4.90 Å². The number of halogens is 3. The largest absolute Gasteiger partial charge is 0.438 e. The number of aromatic nitrogens is 1. The van der Waals surface area contributed by atoms with E-state index in [9.17, 15) is 18.0 Å². The summed E-state index contributed by atoms with van der Waals surface area (Å²) in [6.45, 7) is 1.50. The third-order valence-electron chi connectivity index (χ3n) is 3.34. The van der Waals surface area contributed by atoms with Crippen LogP contribution in [0.5, 0.6) is 0 Å². The van der Waals surface area contributed by atoms with Crippen molar-refractivity contribution in [1.82, 2.24) is 4.98 Å². The van der Waals surface area contributed by atoms with Crippen LogP contribution in [0.2, 0.25) is 0 Å². The van der Waals surface area contributed by atoms with E-state index in [0.29, 0.717) is 0 Å². The molecule has 0 spiro atoms. The van der Waals surface area contributed by atoms with Gasteiger partial charge in [0.05, 0.1) is 11.3 Å². The summed E-state index contributed by atoms with van der Waals surface area (Å²) in [5, 5.41) is 0. The monoisotopic (exact) mass is 308 g/mol. The number of carbonyl (C=O) groups excluding carboxylic acids is 1. The predicted molar refractivity (Wildman–Crippen MR) is 72.7 cm³/mol. The first-order chi connectivity index (χ1) is 10.4. The van der Waals surface area contributed by atoms with Gasteiger partial charge in [0, 0.05) is 6.20 Å². The highest BCUT2D eigenvalue weighted by molar-refractivity contribution is 5.98. The number of carbonyl (C=O) groups is 1. The number of cyclic esters (lactones) is 1. The molecule has 1 unspecified atom stereocenters. The first-order valence-electron chi connectivity index (χ1n) is 6.51. The van der Waals surface area contributed by atoms with Crippen LogP contribution in [0.4, 0.5) is 24.7 Å². The third kappa shape index (κ3) is 2.28. The Kier molecular flexibility index (Phi) is 3.27. The highest BCUT2D eigenvalue weighted by Crippen LogP contribution is 2.41. The maximum Gasteiger partial charge on any atom is 0.418 e. The molecule has 1 atom stereocenters. The van der Waals surface area contributed by atoms with Crippen LogP contribution in [-0.2, 0) is 10.9 Å². The van der Waals surface area contributed by atoms with E-state index in [2.05, 4.69) is 4.98 Å². The van der Waals surface area contributed by atoms with Gasteiger partial charge in [-0.15, -0.1) is 0 Å². The molecule has 22 heavy (non-hydrogen) atoms. The minimum Gasteiger partial charge on any atom is -0.438 e. The summed E-state index contributed by atoms with van der Waals surface area (Å²) in [5.74, 6) is -0.445. The maximum atomic E-state index is 13.2. The molecular formula is C15H11F3N2O2. The molecule has 0 amide bonds. The average Bonchev–Trinajstić information content (AvgIpc) is 2.47. The Balaban J connectivity index is 2.21. The smallest absolute Gasteiger partial charge is 0.418 e. The lowest BCUT2D eigenvalue weighted by atomic mass is 10.1. The van der Waals surface area contributed by atoms with E-state index in [1.807, 2.05) is 0 Å². The van der Waals surface area contributed by atoms with Crippen LogP contribution < -0.4 is 4.90 Å². The van der Waals surface area contributed by atoms with E-state index in [-0.39, 0.29) is 17.1 Å². The molecule has 0 N–H and O–H groups in total. The number of hydrogen-bond acceptors (Lipinski definition) is 4. The van der Waals surface area contributed by atoms with Gasteiger partial charge in [-0.25, -0.2) is 9.78 Å². The van der Waals surface area contributed by atoms with Crippen molar-refractivity contribution in [1.29, 1.82) is 0 Å². The molecule has 3 rings (SSSR count). The number of alkyl halides is 3. The Bertz CT molecular complexity index is 731. The SMILES string of the molecule is CC1OC(=O)c2cccnc2N1c1ccccc1C(F)(F)F. The summed E-state index contributed by atoms with van der Waals surface area (Å²) in [7, 11) is 0. The topological polar surface area (TPSA) is 42.4 Å². The van der Waals surface area contributed by atoms with Gasteiger partial charge < -0.3 is 4.74 Å². The van der Waals surface area contributed by atoms with Gasteiger partial charge in [-0.3, -0.25) is 4.90 Å². The van der Waals surface area contributed by atoms with Crippen molar-refractivity contribution in [3.63, 3.8) is 0 Å². The van der Waals surface area contributed by atoms with Gasteiger partial charge in [0.15, 0.2) is 12.0 Å². The lowest BCUT2D eigenvalue weighted by Gasteiger charge is -2.35. The highest BCUT2D eigenvalue weighted by atomic mass is 19.4. The standard InChI is InChI=1S/C15H11F3N2O2/c1-9-20(12-7-3-2-6-11(12)15(16,17)18)13-10(14(21)22-9)5-4-8-19-13/h2-9H,1H3. The first-order valence-corrected chi connectivity index (χ1v) is 6.51. The molecule has 4 nitrogen and oxygen atoms in total. The molecule has 0 saturated carbocycles. The Labute approximate surface area is 124 Å². The van der Waals surface area contributed by atoms with Crippen LogP contribution in [0, 0.1) is 0 Å². The quantitative estimate of drug-likeness (QED) is 0.752. The second-order valence-corrected chi connectivity index (χ2v) is 4.76. The summed E-state index contributed by atoms with van der Waals surface area (Å²) in [5.41, 5.74) is -0.774. The van der Waals surface area contributed by atoms with Gasteiger partial charge in [-0.05, 0) is 31.2 Å². The van der Waals surface area contributed by atoms with Crippen LogP contribution in [0.15, 0.2) is 42.6 Å². The number of nitrogens with zero attached hydrogens (tertiary/aromatic N) is 2. The summed E-state index contributed by atoms with van der Waals surface area (Å²) in [4.78, 5) is 17.2. The number of fused-ring (bicyclic) bond motifs is 1. The van der Waals surface area contributed by atoms with Crippen LogP contribution in [0.3, 0.4) is 0 Å². The number of para-hydroxylation sites is 1. The third-order valence-corrected chi connectivity index (χ3v) is 3.34. The molecular weight excluding hydrogens is 297 g/mol. The van der Waals surface area contributed by atoms with Crippen molar-refractivity contribution >= 4 is 17.5 Å². The molecule has 0 bridgehead atoms. The van der Waals surface area contributed by atoms with Crippen molar-refractivity contribution in [3.05, 3.63) is 53.7 Å². The van der Waals surface area contributed by atoms with Crippen molar-refractivity contribution < 1.29 is 22.7 Å². The van der Waals surface area contributed by atoms with Crippen LogP contribution in [-0.4, -0.2) is 17.2 Å². The molecule has 1 aromatic carbocycles. The van der Waals surface area contributed by atoms with Gasteiger partial charge in [-0.2, -0.15) is 13.2 Å². The van der Waals surface area contributed by atoms with Crippen molar-refractivity contribution in [3.8, 4) is 0 Å². The van der Waals surface area contributed by atoms with Crippen molar-refractivity contribution in [2.24, 2.45) is 0 Å². The molecule has 1 aliphatic heterocycles. The van der Waals surface area contributed by atoms with E-state index < -0.39 is 23.9 Å². The van der Waals surface area contributed by atoms with Crippen LogP contribution in [0.25, 0.3) is 0 Å². The Morgan fingerprint density at radius 2 is 1.91 bits per heavy atom. The van der Waals surface area contributed by atoms with Gasteiger partial charge in [0.1, 0.15) is 5.56 Å². The van der Waals surface area contributed by atoms with Crippen LogP contribution >= 0.6 is 0 Å². The molecule has 7 heteroatoms. The number of anilines is 2. The first kappa shape index (κ1) is 14.4. The second-order valence-electron chi connectivity index (χ2n) is 4.76. The average molecular weight is 308 g/mol. The van der Waals surface area contributed by atoms with Crippen molar-refractivity contribution in [2.45, 2.75) is 19.3 Å². The Morgan fingerprint density at radius 1 is 1.18 bits per heavy atom. The van der Waals surface area contributed by atoms with E-state index in [4.69, 9.17) is 4.74 Å². The summed E-state index contributed by atoms with van der Waals surface area (Å²) >= 11 is 0. The molecule has 1 aromatic heterocycles. The maximum absolute atomic E-state index is 13.2. The van der Waals surface area contributed by atoms with Gasteiger partial charge in [0.25, 0.3) is 0 Å². The fourth-order valence-corrected chi connectivity index (χ4v) is 2.42. The lowest BCUT2D eigenvalue weighted by Crippen LogP contribution is -2.39. The number of benzene rings is 1. The number of hydrogen-bond donors (Lipinski definition) is 0.